The smallest absolute Gasteiger partial charge is 0.261 e. The molecule has 0 heterocycles. The average molecular weight is 352 g/mol. The third kappa shape index (κ3) is 4.00. The Hall–Kier alpha value is -0.800. The number of hydrogen-bond acceptors (Lipinski definition) is 2. The Balaban J connectivity index is 1.51. The van der Waals surface area contributed by atoms with Crippen molar-refractivity contribution in [2.45, 2.75) is 64.4 Å². The lowest BCUT2D eigenvalue weighted by Crippen LogP contribution is -2.50. The molecular weight excluding hydrogens is 326 g/mol. The Morgan fingerprint density at radius 3 is 2.65 bits per heavy atom. The molecule has 2 aliphatic carbocycles. The summed E-state index contributed by atoms with van der Waals surface area (Å²) in [6, 6.07) is 7.58. The van der Waals surface area contributed by atoms with Crippen molar-refractivity contribution < 1.29 is 4.74 Å². The van der Waals surface area contributed by atoms with Gasteiger partial charge in [0.15, 0.2) is 0 Å². The van der Waals surface area contributed by atoms with Crippen molar-refractivity contribution in [1.29, 1.82) is 0 Å². The van der Waals surface area contributed by atoms with Gasteiger partial charge in [0.05, 0.1) is 0 Å². The molecule has 0 aromatic heterocycles. The fraction of sp³-hybridized carbons (Fsp3) is 0.632. The molecule has 2 aliphatic rings. The van der Waals surface area contributed by atoms with Crippen LogP contribution in [0.1, 0.15) is 58.3 Å². The second-order valence-corrected chi connectivity index (χ2v) is 7.97. The van der Waals surface area contributed by atoms with Crippen molar-refractivity contribution in [2.75, 3.05) is 5.32 Å². The summed E-state index contributed by atoms with van der Waals surface area (Å²) >= 11 is 11.4. The lowest BCUT2D eigenvalue weighted by molar-refractivity contribution is -0.0843. The number of hydrogen-bond donors (Lipinski definition) is 1. The minimum absolute atomic E-state index is 0.296. The zero-order chi connectivity index (χ0) is 16.3. The summed E-state index contributed by atoms with van der Waals surface area (Å²) in [5, 5.41) is 4.34. The quantitative estimate of drug-likeness (QED) is 0.653. The first-order valence-corrected chi connectivity index (χ1v) is 9.63. The summed E-state index contributed by atoms with van der Waals surface area (Å²) in [6.45, 7) is 2.29. The number of thiocarbonyl (C=S) groups is 1. The van der Waals surface area contributed by atoms with E-state index >= 15 is 0 Å². The Kier molecular flexibility index (Phi) is 5.48. The molecule has 1 aromatic carbocycles. The van der Waals surface area contributed by atoms with Crippen LogP contribution >= 0.6 is 23.8 Å². The van der Waals surface area contributed by atoms with Gasteiger partial charge in [0.1, 0.15) is 6.10 Å². The lowest BCUT2D eigenvalue weighted by Gasteiger charge is -2.52. The SMILES string of the molecule is CCCC1CCC2(CC1)CC[C@@H]2OC(=S)Nc1cccc(Cl)c1. The van der Waals surface area contributed by atoms with Crippen LogP contribution in [0.5, 0.6) is 0 Å². The van der Waals surface area contributed by atoms with Crippen molar-refractivity contribution in [3.63, 3.8) is 0 Å². The average Bonchev–Trinajstić information content (AvgIpc) is 2.53. The highest BCUT2D eigenvalue weighted by Gasteiger charge is 2.50. The van der Waals surface area contributed by atoms with Crippen LogP contribution in [0.3, 0.4) is 0 Å². The van der Waals surface area contributed by atoms with Crippen molar-refractivity contribution in [3.05, 3.63) is 29.3 Å². The topological polar surface area (TPSA) is 21.3 Å². The predicted molar refractivity (Wildman–Crippen MR) is 101 cm³/mol. The second-order valence-electron chi connectivity index (χ2n) is 7.16. The fourth-order valence-electron chi connectivity index (χ4n) is 4.22. The summed E-state index contributed by atoms with van der Waals surface area (Å²) in [7, 11) is 0. The molecule has 1 N–H and O–H groups in total. The Labute approximate surface area is 149 Å². The molecule has 23 heavy (non-hydrogen) atoms. The van der Waals surface area contributed by atoms with Crippen LogP contribution in [0.4, 0.5) is 5.69 Å². The van der Waals surface area contributed by atoms with E-state index in [4.69, 9.17) is 28.6 Å². The maximum atomic E-state index is 6.10. The molecule has 1 aromatic rings. The van der Waals surface area contributed by atoms with Crippen LogP contribution in [0, 0.1) is 11.3 Å². The highest BCUT2D eigenvalue weighted by atomic mass is 35.5. The van der Waals surface area contributed by atoms with Crippen LogP contribution in [0.15, 0.2) is 24.3 Å². The molecule has 126 valence electrons. The van der Waals surface area contributed by atoms with Crippen LogP contribution in [-0.4, -0.2) is 11.3 Å². The minimum atomic E-state index is 0.296. The number of ether oxygens (including phenoxy) is 1. The van der Waals surface area contributed by atoms with Gasteiger partial charge < -0.3 is 10.1 Å². The van der Waals surface area contributed by atoms with E-state index in [2.05, 4.69) is 12.2 Å². The highest BCUT2D eigenvalue weighted by Crippen LogP contribution is 2.54. The second kappa shape index (κ2) is 7.40. The van der Waals surface area contributed by atoms with Crippen LogP contribution in [-0.2, 0) is 4.74 Å². The summed E-state index contributed by atoms with van der Waals surface area (Å²) in [5.41, 5.74) is 1.28. The predicted octanol–water partition coefficient (Wildman–Crippen LogP) is 6.19. The number of anilines is 1. The number of rotatable bonds is 4. The minimum Gasteiger partial charge on any atom is -0.467 e. The summed E-state index contributed by atoms with van der Waals surface area (Å²) in [4.78, 5) is 0. The van der Waals surface area contributed by atoms with Gasteiger partial charge in [-0.3, -0.25) is 0 Å². The summed E-state index contributed by atoms with van der Waals surface area (Å²) in [5.74, 6) is 0.934. The molecule has 2 fully saturated rings. The van der Waals surface area contributed by atoms with E-state index in [1.54, 1.807) is 0 Å². The van der Waals surface area contributed by atoms with Gasteiger partial charge >= 0.3 is 0 Å². The third-order valence-corrected chi connectivity index (χ3v) is 6.14. The molecule has 0 bridgehead atoms. The fourth-order valence-corrected chi connectivity index (χ4v) is 4.64. The van der Waals surface area contributed by atoms with E-state index in [-0.39, 0.29) is 0 Å². The Bertz CT molecular complexity index is 554. The Morgan fingerprint density at radius 1 is 1.30 bits per heavy atom. The molecule has 0 aliphatic heterocycles. The van der Waals surface area contributed by atoms with Gasteiger partial charge in [-0.2, -0.15) is 0 Å². The first-order chi connectivity index (χ1) is 11.1. The van der Waals surface area contributed by atoms with Crippen molar-refractivity contribution in [2.24, 2.45) is 11.3 Å². The van der Waals surface area contributed by atoms with Gasteiger partial charge in [0, 0.05) is 16.1 Å². The van der Waals surface area contributed by atoms with Crippen molar-refractivity contribution >= 4 is 34.7 Å². The molecule has 1 spiro atoms. The Morgan fingerprint density at radius 2 is 2.04 bits per heavy atom. The lowest BCUT2D eigenvalue weighted by atomic mass is 9.57. The van der Waals surface area contributed by atoms with Crippen molar-refractivity contribution in [3.8, 4) is 0 Å². The number of halogens is 1. The molecule has 0 unspecified atom stereocenters. The van der Waals surface area contributed by atoms with Gasteiger partial charge in [-0.05, 0) is 74.9 Å². The summed E-state index contributed by atoms with van der Waals surface area (Å²) in [6.07, 6.45) is 10.8. The van der Waals surface area contributed by atoms with E-state index in [9.17, 15) is 0 Å². The van der Waals surface area contributed by atoms with Gasteiger partial charge in [-0.25, -0.2) is 0 Å². The molecule has 0 saturated heterocycles. The highest BCUT2D eigenvalue weighted by molar-refractivity contribution is 7.80. The zero-order valence-electron chi connectivity index (χ0n) is 13.8. The van der Waals surface area contributed by atoms with Crippen LogP contribution < -0.4 is 5.32 Å². The maximum absolute atomic E-state index is 6.10. The molecule has 2 saturated carbocycles. The molecule has 0 radical (unpaired) electrons. The molecular formula is C19H26ClNOS. The first-order valence-electron chi connectivity index (χ1n) is 8.84. The van der Waals surface area contributed by atoms with Gasteiger partial charge in [0.2, 0.25) is 0 Å². The van der Waals surface area contributed by atoms with Crippen LogP contribution in [0.2, 0.25) is 5.02 Å². The van der Waals surface area contributed by atoms with Crippen molar-refractivity contribution in [1.82, 2.24) is 0 Å². The molecule has 1 atom stereocenters. The first kappa shape index (κ1) is 17.0. The van der Waals surface area contributed by atoms with Gasteiger partial charge in [-0.1, -0.05) is 37.4 Å². The van der Waals surface area contributed by atoms with E-state index in [1.165, 1.54) is 44.9 Å². The monoisotopic (exact) mass is 351 g/mol. The molecule has 4 heteroatoms. The van der Waals surface area contributed by atoms with E-state index in [1.807, 2.05) is 24.3 Å². The largest absolute Gasteiger partial charge is 0.467 e. The molecule has 3 rings (SSSR count). The van der Waals surface area contributed by atoms with Gasteiger partial charge in [-0.15, -0.1) is 0 Å². The van der Waals surface area contributed by atoms with Crippen LogP contribution in [0.25, 0.3) is 0 Å². The molecule has 2 nitrogen and oxygen atoms in total. The number of nitrogens with one attached hydrogen (secondary N) is 1. The standard InChI is InChI=1S/C19H26ClNOS/c1-2-4-14-7-10-19(11-8-14)12-9-17(19)22-18(23)21-16-6-3-5-15(20)13-16/h3,5-6,13-14,17H,2,4,7-12H2,1H3,(H,21,23)/t14?,17-,19?/m0/s1. The van der Waals surface area contributed by atoms with E-state index in [0.717, 1.165) is 18.0 Å². The van der Waals surface area contributed by atoms with Gasteiger partial charge in [0.25, 0.3) is 5.17 Å². The number of benzene rings is 1. The third-order valence-electron chi connectivity index (χ3n) is 5.71. The maximum Gasteiger partial charge on any atom is 0.261 e. The van der Waals surface area contributed by atoms with E-state index in [0.29, 0.717) is 21.7 Å². The van der Waals surface area contributed by atoms with E-state index < -0.39 is 0 Å². The summed E-state index contributed by atoms with van der Waals surface area (Å²) < 4.78 is 6.10. The molecule has 0 amide bonds. The zero-order valence-corrected chi connectivity index (χ0v) is 15.4. The normalized spacial score (nSPS) is 29.8.